The molecule has 0 bridgehead atoms. The van der Waals surface area contributed by atoms with E-state index in [1.54, 1.807) is 6.07 Å². The van der Waals surface area contributed by atoms with Crippen molar-refractivity contribution in [3.8, 4) is 6.07 Å². The van der Waals surface area contributed by atoms with Gasteiger partial charge in [0.15, 0.2) is 0 Å². The lowest BCUT2D eigenvalue weighted by atomic mass is 10.2. The highest BCUT2D eigenvalue weighted by molar-refractivity contribution is 5.96. The molecule has 0 radical (unpaired) electrons. The van der Waals surface area contributed by atoms with Crippen LogP contribution in [0.15, 0.2) is 54.7 Å². The second-order valence-corrected chi connectivity index (χ2v) is 5.75. The van der Waals surface area contributed by atoms with Crippen molar-refractivity contribution < 1.29 is 4.79 Å². The highest BCUT2D eigenvalue weighted by atomic mass is 16.2. The molecule has 23 heavy (non-hydrogen) atoms. The number of carbonyl (C=O) groups excluding carboxylic acids is 1. The molecule has 0 aliphatic carbocycles. The summed E-state index contributed by atoms with van der Waals surface area (Å²) in [6.07, 6.45) is 2.82. The van der Waals surface area contributed by atoms with Gasteiger partial charge in [-0.15, -0.1) is 0 Å². The molecule has 0 atom stereocenters. The first-order valence-electron chi connectivity index (χ1n) is 7.63. The molecule has 4 rings (SSSR count). The number of fused-ring (bicyclic) bond motifs is 2. The average Bonchev–Trinajstić information content (AvgIpc) is 3.18. The normalized spacial score (nSPS) is 13.1. The van der Waals surface area contributed by atoms with E-state index < -0.39 is 0 Å². The zero-order chi connectivity index (χ0) is 15.8. The van der Waals surface area contributed by atoms with Gasteiger partial charge in [-0.25, -0.2) is 0 Å². The van der Waals surface area contributed by atoms with Gasteiger partial charge in [0.1, 0.15) is 6.54 Å². The van der Waals surface area contributed by atoms with Crippen LogP contribution in [-0.2, 0) is 17.8 Å². The van der Waals surface area contributed by atoms with Gasteiger partial charge < -0.3 is 9.47 Å². The molecule has 3 aromatic rings. The van der Waals surface area contributed by atoms with Crippen LogP contribution in [0.1, 0.15) is 11.1 Å². The number of nitriles is 1. The minimum Gasteiger partial charge on any atom is -0.338 e. The van der Waals surface area contributed by atoms with Crippen molar-refractivity contribution >= 4 is 22.5 Å². The van der Waals surface area contributed by atoms with Crippen LogP contribution < -0.4 is 4.90 Å². The predicted octanol–water partition coefficient (Wildman–Crippen LogP) is 3.10. The fourth-order valence-corrected chi connectivity index (χ4v) is 3.22. The van der Waals surface area contributed by atoms with Crippen LogP contribution in [-0.4, -0.2) is 17.0 Å². The highest BCUT2D eigenvalue weighted by Crippen LogP contribution is 2.28. The molecule has 0 fully saturated rings. The highest BCUT2D eigenvalue weighted by Gasteiger charge is 2.24. The van der Waals surface area contributed by atoms with E-state index in [-0.39, 0.29) is 12.5 Å². The second-order valence-electron chi connectivity index (χ2n) is 5.75. The van der Waals surface area contributed by atoms with Gasteiger partial charge in [0.25, 0.3) is 0 Å². The smallest absolute Gasteiger partial charge is 0.246 e. The minimum atomic E-state index is 0.0785. The minimum absolute atomic E-state index is 0.0785. The number of para-hydroxylation sites is 1. The number of hydrogen-bond donors (Lipinski definition) is 0. The standard InChI is InChI=1S/C19H15N3O/c20-12-14-5-6-16-7-9-21(18(16)11-14)13-19(23)22-10-8-15-3-1-2-4-17(15)22/h1-7,9,11H,8,10,13H2. The van der Waals surface area contributed by atoms with Crippen LogP contribution in [0.2, 0.25) is 0 Å². The summed E-state index contributed by atoms with van der Waals surface area (Å²) in [6, 6.07) is 17.7. The fraction of sp³-hybridized carbons (Fsp3) is 0.158. The lowest BCUT2D eigenvalue weighted by Gasteiger charge is -2.18. The fourth-order valence-electron chi connectivity index (χ4n) is 3.22. The molecule has 0 saturated heterocycles. The third kappa shape index (κ3) is 2.27. The number of nitrogens with zero attached hydrogens (tertiary/aromatic N) is 3. The lowest BCUT2D eigenvalue weighted by Crippen LogP contribution is -2.32. The van der Waals surface area contributed by atoms with Gasteiger partial charge in [0.2, 0.25) is 5.91 Å². The topological polar surface area (TPSA) is 49.0 Å². The average molecular weight is 301 g/mol. The third-order valence-electron chi connectivity index (χ3n) is 4.40. The molecule has 0 saturated carbocycles. The Bertz CT molecular complexity index is 949. The Balaban J connectivity index is 1.64. The number of benzene rings is 2. The van der Waals surface area contributed by atoms with Gasteiger partial charge in [-0.05, 0) is 41.6 Å². The van der Waals surface area contributed by atoms with E-state index in [9.17, 15) is 4.79 Å². The summed E-state index contributed by atoms with van der Waals surface area (Å²) in [6.45, 7) is 1.02. The predicted molar refractivity (Wildman–Crippen MR) is 89.2 cm³/mol. The van der Waals surface area contributed by atoms with Crippen molar-refractivity contribution in [2.24, 2.45) is 0 Å². The molecule has 0 unspecified atom stereocenters. The van der Waals surface area contributed by atoms with Gasteiger partial charge >= 0.3 is 0 Å². The summed E-state index contributed by atoms with van der Waals surface area (Å²) >= 11 is 0. The molecule has 1 aliphatic rings. The maximum atomic E-state index is 12.7. The third-order valence-corrected chi connectivity index (χ3v) is 4.40. The van der Waals surface area contributed by atoms with Crippen molar-refractivity contribution in [1.82, 2.24) is 4.57 Å². The quantitative estimate of drug-likeness (QED) is 0.730. The molecule has 4 heteroatoms. The summed E-state index contributed by atoms with van der Waals surface area (Å²) in [5.74, 6) is 0.0785. The van der Waals surface area contributed by atoms with Gasteiger partial charge in [0, 0.05) is 23.9 Å². The van der Waals surface area contributed by atoms with E-state index in [0.29, 0.717) is 5.56 Å². The van der Waals surface area contributed by atoms with Crippen LogP contribution in [0.25, 0.3) is 10.9 Å². The van der Waals surface area contributed by atoms with Crippen LogP contribution >= 0.6 is 0 Å². The number of anilines is 1. The number of aromatic nitrogens is 1. The largest absolute Gasteiger partial charge is 0.338 e. The Morgan fingerprint density at radius 1 is 1.17 bits per heavy atom. The Labute approximate surface area is 134 Å². The van der Waals surface area contributed by atoms with E-state index in [2.05, 4.69) is 12.1 Å². The first kappa shape index (κ1) is 13.6. The van der Waals surface area contributed by atoms with Gasteiger partial charge in [-0.2, -0.15) is 5.26 Å². The Morgan fingerprint density at radius 3 is 2.91 bits per heavy atom. The monoisotopic (exact) mass is 301 g/mol. The number of rotatable bonds is 2. The van der Waals surface area contributed by atoms with Crippen molar-refractivity contribution in [1.29, 1.82) is 5.26 Å². The van der Waals surface area contributed by atoms with Crippen LogP contribution in [0.3, 0.4) is 0 Å². The van der Waals surface area contributed by atoms with E-state index in [0.717, 1.165) is 29.6 Å². The van der Waals surface area contributed by atoms with Crippen LogP contribution in [0, 0.1) is 11.3 Å². The molecule has 1 aromatic heterocycles. The number of carbonyl (C=O) groups is 1. The first-order chi connectivity index (χ1) is 11.3. The van der Waals surface area contributed by atoms with Crippen molar-refractivity contribution in [2.75, 3.05) is 11.4 Å². The molecule has 2 heterocycles. The maximum Gasteiger partial charge on any atom is 0.246 e. The van der Waals surface area contributed by atoms with Crippen molar-refractivity contribution in [3.63, 3.8) is 0 Å². The zero-order valence-electron chi connectivity index (χ0n) is 12.6. The molecule has 4 nitrogen and oxygen atoms in total. The van der Waals surface area contributed by atoms with Crippen molar-refractivity contribution in [2.45, 2.75) is 13.0 Å². The maximum absolute atomic E-state index is 12.7. The Morgan fingerprint density at radius 2 is 2.04 bits per heavy atom. The van der Waals surface area contributed by atoms with E-state index in [1.807, 2.05) is 52.1 Å². The molecular weight excluding hydrogens is 286 g/mol. The van der Waals surface area contributed by atoms with Gasteiger partial charge in [0.05, 0.1) is 11.6 Å². The molecule has 2 aromatic carbocycles. The summed E-state index contributed by atoms with van der Waals surface area (Å²) in [5, 5.41) is 10.1. The summed E-state index contributed by atoms with van der Waals surface area (Å²) in [4.78, 5) is 14.6. The molecular formula is C19H15N3O. The van der Waals surface area contributed by atoms with Gasteiger partial charge in [-0.3, -0.25) is 4.79 Å². The molecule has 112 valence electrons. The summed E-state index contributed by atoms with van der Waals surface area (Å²) < 4.78 is 1.92. The van der Waals surface area contributed by atoms with Gasteiger partial charge in [-0.1, -0.05) is 24.3 Å². The first-order valence-corrected chi connectivity index (χ1v) is 7.63. The van der Waals surface area contributed by atoms with E-state index in [4.69, 9.17) is 5.26 Å². The molecule has 0 spiro atoms. The number of hydrogen-bond acceptors (Lipinski definition) is 2. The van der Waals surface area contributed by atoms with Crippen LogP contribution in [0.4, 0.5) is 5.69 Å². The molecule has 1 amide bonds. The summed E-state index contributed by atoms with van der Waals surface area (Å²) in [5.41, 5.74) is 3.78. The van der Waals surface area contributed by atoms with E-state index in [1.165, 1.54) is 5.56 Å². The van der Waals surface area contributed by atoms with Crippen LogP contribution in [0.5, 0.6) is 0 Å². The molecule has 0 N–H and O–H groups in total. The van der Waals surface area contributed by atoms with E-state index >= 15 is 0 Å². The Kier molecular flexibility index (Phi) is 3.13. The zero-order valence-corrected chi connectivity index (χ0v) is 12.6. The Hall–Kier alpha value is -3.06. The lowest BCUT2D eigenvalue weighted by molar-refractivity contribution is -0.119. The summed E-state index contributed by atoms with van der Waals surface area (Å²) in [7, 11) is 0. The molecule has 1 aliphatic heterocycles. The second kappa shape index (κ2) is 5.29. The number of amides is 1. The SMILES string of the molecule is N#Cc1ccc2ccn(CC(=O)N3CCc4ccccc43)c2c1. The van der Waals surface area contributed by atoms with Crippen molar-refractivity contribution in [3.05, 3.63) is 65.9 Å².